The lowest BCUT2D eigenvalue weighted by Crippen LogP contribution is -2.34. The highest BCUT2D eigenvalue weighted by Crippen LogP contribution is 2.38. The number of nitrogens with one attached hydrogen (secondary N) is 1. The van der Waals surface area contributed by atoms with E-state index in [1.807, 2.05) is 6.92 Å². The summed E-state index contributed by atoms with van der Waals surface area (Å²) in [6, 6.07) is 2.07. The monoisotopic (exact) mass is 277 g/mol. The van der Waals surface area contributed by atoms with Crippen LogP contribution in [0.15, 0.2) is 6.07 Å². The van der Waals surface area contributed by atoms with Crippen LogP contribution in [0.25, 0.3) is 0 Å². The highest BCUT2D eigenvalue weighted by Gasteiger charge is 2.36. The van der Waals surface area contributed by atoms with Crippen LogP contribution in [-0.2, 0) is 16.9 Å². The topological polar surface area (TPSA) is 47.0 Å². The van der Waals surface area contributed by atoms with Gasteiger partial charge in [0, 0.05) is 19.3 Å². The molecule has 1 fully saturated rings. The Bertz CT molecular complexity index is 428. The lowest BCUT2D eigenvalue weighted by Gasteiger charge is -2.34. The quantitative estimate of drug-likeness (QED) is 0.812. The molecule has 0 unspecified atom stereocenters. The molecule has 1 aromatic heterocycles. The standard InChI is InChI=1S/C16H27N3O/c1-4-10-17-12-14-11-13(2)18-15(19-14)16(20-3)8-6-5-7-9-16/h11,17H,4-10,12H2,1-3H3. The Labute approximate surface area is 122 Å². The molecule has 0 spiro atoms. The summed E-state index contributed by atoms with van der Waals surface area (Å²) in [7, 11) is 1.80. The number of aryl methyl sites for hydroxylation is 1. The average molecular weight is 277 g/mol. The van der Waals surface area contributed by atoms with E-state index in [4.69, 9.17) is 9.72 Å². The van der Waals surface area contributed by atoms with Crippen LogP contribution in [0.5, 0.6) is 0 Å². The minimum Gasteiger partial charge on any atom is -0.370 e. The van der Waals surface area contributed by atoms with Crippen molar-refractivity contribution in [2.45, 2.75) is 64.5 Å². The van der Waals surface area contributed by atoms with Crippen molar-refractivity contribution in [2.75, 3.05) is 13.7 Å². The second kappa shape index (κ2) is 7.14. The third-order valence-electron chi connectivity index (χ3n) is 4.10. The summed E-state index contributed by atoms with van der Waals surface area (Å²) in [5.74, 6) is 0.882. The van der Waals surface area contributed by atoms with Gasteiger partial charge in [-0.1, -0.05) is 26.2 Å². The fourth-order valence-corrected chi connectivity index (χ4v) is 2.96. The number of rotatable bonds is 6. The summed E-state index contributed by atoms with van der Waals surface area (Å²) >= 11 is 0. The van der Waals surface area contributed by atoms with Crippen LogP contribution < -0.4 is 5.32 Å². The third-order valence-corrected chi connectivity index (χ3v) is 4.10. The molecule has 0 radical (unpaired) electrons. The predicted octanol–water partition coefficient (Wildman–Crippen LogP) is 3.09. The minimum atomic E-state index is -0.260. The summed E-state index contributed by atoms with van der Waals surface area (Å²) < 4.78 is 5.86. The minimum absolute atomic E-state index is 0.260. The van der Waals surface area contributed by atoms with Crippen LogP contribution in [0.2, 0.25) is 0 Å². The van der Waals surface area contributed by atoms with E-state index in [2.05, 4.69) is 23.3 Å². The molecule has 0 aromatic carbocycles. The van der Waals surface area contributed by atoms with Gasteiger partial charge >= 0.3 is 0 Å². The van der Waals surface area contributed by atoms with Gasteiger partial charge in [0.1, 0.15) is 5.60 Å². The van der Waals surface area contributed by atoms with Crippen molar-refractivity contribution in [2.24, 2.45) is 0 Å². The van der Waals surface area contributed by atoms with Gasteiger partial charge in [-0.2, -0.15) is 0 Å². The summed E-state index contributed by atoms with van der Waals surface area (Å²) in [4.78, 5) is 9.44. The molecule has 1 N–H and O–H groups in total. The number of ether oxygens (including phenoxy) is 1. The van der Waals surface area contributed by atoms with Gasteiger partial charge in [-0.05, 0) is 38.8 Å². The SMILES string of the molecule is CCCNCc1cc(C)nc(C2(OC)CCCCC2)n1. The van der Waals surface area contributed by atoms with Crippen molar-refractivity contribution < 1.29 is 4.74 Å². The molecule has 0 saturated heterocycles. The van der Waals surface area contributed by atoms with Gasteiger partial charge in [0.05, 0.1) is 5.69 Å². The summed E-state index contributed by atoms with van der Waals surface area (Å²) in [5, 5.41) is 3.41. The second-order valence-corrected chi connectivity index (χ2v) is 5.76. The van der Waals surface area contributed by atoms with Crippen LogP contribution >= 0.6 is 0 Å². The molecule has 0 aliphatic heterocycles. The molecule has 1 aliphatic rings. The van der Waals surface area contributed by atoms with Gasteiger partial charge in [0.25, 0.3) is 0 Å². The Morgan fingerprint density at radius 2 is 2.00 bits per heavy atom. The summed E-state index contributed by atoms with van der Waals surface area (Å²) in [6.07, 6.45) is 6.91. The lowest BCUT2D eigenvalue weighted by molar-refractivity contribution is -0.0517. The number of hydrogen-bond donors (Lipinski definition) is 1. The molecule has 1 aromatic rings. The molecule has 20 heavy (non-hydrogen) atoms. The van der Waals surface area contributed by atoms with Crippen molar-refractivity contribution >= 4 is 0 Å². The van der Waals surface area contributed by atoms with E-state index in [0.717, 1.165) is 49.6 Å². The number of nitrogens with zero attached hydrogens (tertiary/aromatic N) is 2. The molecule has 1 heterocycles. The summed E-state index contributed by atoms with van der Waals surface area (Å²) in [6.45, 7) is 6.05. The van der Waals surface area contributed by atoms with Crippen molar-refractivity contribution in [3.63, 3.8) is 0 Å². The van der Waals surface area contributed by atoms with Crippen LogP contribution in [0.1, 0.15) is 62.7 Å². The Balaban J connectivity index is 2.21. The zero-order valence-corrected chi connectivity index (χ0v) is 13.0. The first kappa shape index (κ1) is 15.4. The molecular formula is C16H27N3O. The van der Waals surface area contributed by atoms with E-state index < -0.39 is 0 Å². The Kier molecular flexibility index (Phi) is 5.49. The van der Waals surface area contributed by atoms with E-state index >= 15 is 0 Å². The Morgan fingerprint density at radius 1 is 1.25 bits per heavy atom. The van der Waals surface area contributed by atoms with E-state index in [9.17, 15) is 0 Å². The largest absolute Gasteiger partial charge is 0.370 e. The number of methoxy groups -OCH3 is 1. The van der Waals surface area contributed by atoms with E-state index in [0.29, 0.717) is 0 Å². The zero-order valence-electron chi connectivity index (χ0n) is 13.0. The first-order chi connectivity index (χ1) is 9.70. The molecule has 0 atom stereocenters. The fourth-order valence-electron chi connectivity index (χ4n) is 2.96. The van der Waals surface area contributed by atoms with Crippen molar-refractivity contribution in [3.05, 3.63) is 23.3 Å². The molecule has 1 aliphatic carbocycles. The van der Waals surface area contributed by atoms with Crippen LogP contribution in [-0.4, -0.2) is 23.6 Å². The first-order valence-electron chi connectivity index (χ1n) is 7.81. The van der Waals surface area contributed by atoms with Gasteiger partial charge in [0.15, 0.2) is 5.82 Å². The van der Waals surface area contributed by atoms with Crippen molar-refractivity contribution in [3.8, 4) is 0 Å². The fraction of sp³-hybridized carbons (Fsp3) is 0.750. The Morgan fingerprint density at radius 3 is 2.65 bits per heavy atom. The maximum Gasteiger partial charge on any atom is 0.160 e. The molecule has 1 saturated carbocycles. The molecule has 0 amide bonds. The number of aromatic nitrogens is 2. The Hall–Kier alpha value is -1.00. The van der Waals surface area contributed by atoms with E-state index in [1.54, 1.807) is 7.11 Å². The molecule has 4 heteroatoms. The molecule has 0 bridgehead atoms. The van der Waals surface area contributed by atoms with Gasteiger partial charge in [0.2, 0.25) is 0 Å². The van der Waals surface area contributed by atoms with Crippen LogP contribution in [0.4, 0.5) is 0 Å². The van der Waals surface area contributed by atoms with E-state index in [-0.39, 0.29) is 5.60 Å². The zero-order chi connectivity index (χ0) is 14.4. The highest BCUT2D eigenvalue weighted by molar-refractivity contribution is 5.15. The maximum absolute atomic E-state index is 5.86. The van der Waals surface area contributed by atoms with Crippen LogP contribution in [0.3, 0.4) is 0 Å². The maximum atomic E-state index is 5.86. The van der Waals surface area contributed by atoms with Gasteiger partial charge in [-0.25, -0.2) is 9.97 Å². The third kappa shape index (κ3) is 3.55. The normalized spacial score (nSPS) is 18.1. The average Bonchev–Trinajstić information content (AvgIpc) is 2.48. The number of hydrogen-bond acceptors (Lipinski definition) is 4. The lowest BCUT2D eigenvalue weighted by atomic mass is 9.84. The van der Waals surface area contributed by atoms with Crippen LogP contribution in [0, 0.1) is 6.92 Å². The van der Waals surface area contributed by atoms with Gasteiger partial charge in [-0.15, -0.1) is 0 Å². The molecule has 4 nitrogen and oxygen atoms in total. The van der Waals surface area contributed by atoms with E-state index in [1.165, 1.54) is 19.3 Å². The van der Waals surface area contributed by atoms with Crippen molar-refractivity contribution in [1.82, 2.24) is 15.3 Å². The van der Waals surface area contributed by atoms with Crippen molar-refractivity contribution in [1.29, 1.82) is 0 Å². The molecule has 2 rings (SSSR count). The summed E-state index contributed by atoms with van der Waals surface area (Å²) in [5.41, 5.74) is 1.84. The van der Waals surface area contributed by atoms with Gasteiger partial charge in [-0.3, -0.25) is 0 Å². The second-order valence-electron chi connectivity index (χ2n) is 5.76. The molecular weight excluding hydrogens is 250 g/mol. The smallest absolute Gasteiger partial charge is 0.160 e. The molecule has 112 valence electrons. The van der Waals surface area contributed by atoms with Gasteiger partial charge < -0.3 is 10.1 Å². The predicted molar refractivity (Wildman–Crippen MR) is 80.5 cm³/mol. The first-order valence-corrected chi connectivity index (χ1v) is 7.81. The highest BCUT2D eigenvalue weighted by atomic mass is 16.5.